The molecule has 0 aromatic rings. The first-order chi connectivity index (χ1) is 19.9. The summed E-state index contributed by atoms with van der Waals surface area (Å²) >= 11 is 0. The van der Waals surface area contributed by atoms with E-state index in [1.165, 1.54) is 27.7 Å². The minimum Gasteiger partial charge on any atom is -0.480 e. The maximum Gasteiger partial charge on any atom is 0.325 e. The van der Waals surface area contributed by atoms with Crippen LogP contribution in [0.25, 0.3) is 0 Å². The molecule has 0 fully saturated rings. The molecule has 0 aliphatic carbocycles. The Hall–Kier alpha value is -3.67. The second-order valence-corrected chi connectivity index (χ2v) is 10.7. The van der Waals surface area contributed by atoms with Gasteiger partial charge in [0.1, 0.15) is 54.9 Å². The van der Waals surface area contributed by atoms with Crippen molar-refractivity contribution >= 4 is 41.8 Å². The molecule has 17 nitrogen and oxygen atoms in total. The molecule has 8 atom stereocenters. The predicted octanol–water partition coefficient (Wildman–Crippen LogP) is -3.71. The smallest absolute Gasteiger partial charge is 0.325 e. The van der Waals surface area contributed by atoms with Crippen LogP contribution in [0.15, 0.2) is 0 Å². The van der Waals surface area contributed by atoms with E-state index in [1.807, 2.05) is 0 Å². The van der Waals surface area contributed by atoms with Gasteiger partial charge in [-0.05, 0) is 26.2 Å². The normalized spacial score (nSPS) is 16.9. The number of carbonyl (C=O) groups is 7. The van der Waals surface area contributed by atoms with Gasteiger partial charge in [-0.25, -0.2) is 0 Å². The van der Waals surface area contributed by atoms with Crippen molar-refractivity contribution in [3.63, 3.8) is 0 Å². The number of aliphatic hydroxyl groups is 3. The van der Waals surface area contributed by atoms with Crippen LogP contribution < -0.4 is 27.0 Å². The number of hydrogen-bond acceptors (Lipinski definition) is 11. The summed E-state index contributed by atoms with van der Waals surface area (Å²) in [4.78, 5) is 84.8. The quantitative estimate of drug-likeness (QED) is 0.0595. The highest BCUT2D eigenvalue weighted by Gasteiger charge is 2.38. The van der Waals surface area contributed by atoms with Crippen molar-refractivity contribution in [2.45, 2.75) is 103 Å². The van der Waals surface area contributed by atoms with Crippen LogP contribution >= 0.6 is 0 Å². The van der Waals surface area contributed by atoms with E-state index in [0.29, 0.717) is 0 Å². The van der Waals surface area contributed by atoms with E-state index < -0.39 is 103 Å². The van der Waals surface area contributed by atoms with E-state index in [-0.39, 0.29) is 19.1 Å². The fourth-order valence-corrected chi connectivity index (χ4v) is 3.53. The number of nitrogens with two attached hydrogens (primary N) is 1. The number of carboxylic acid groups (broad SMARTS) is 1. The first-order valence-electron chi connectivity index (χ1n) is 13.7. The third kappa shape index (κ3) is 13.5. The van der Waals surface area contributed by atoms with Crippen molar-refractivity contribution in [1.29, 1.82) is 0 Å². The molecule has 0 aliphatic heterocycles. The molecule has 5 amide bonds. The molecule has 17 heteroatoms. The summed E-state index contributed by atoms with van der Waals surface area (Å²) in [6.07, 6.45) is -7.26. The van der Waals surface area contributed by atoms with Gasteiger partial charge in [-0.3, -0.25) is 28.8 Å². The highest BCUT2D eigenvalue weighted by molar-refractivity contribution is 5.93. The lowest BCUT2D eigenvalue weighted by molar-refractivity contribution is -0.158. The lowest BCUT2D eigenvalue weighted by atomic mass is 10.00. The zero-order chi connectivity index (χ0) is 33.6. The molecule has 0 saturated carbocycles. The van der Waals surface area contributed by atoms with Crippen LogP contribution in [-0.2, 0) is 38.3 Å². The Morgan fingerprint density at radius 3 is 1.88 bits per heavy atom. The first-order valence-corrected chi connectivity index (χ1v) is 13.7. The Morgan fingerprint density at radius 1 is 0.860 bits per heavy atom. The molecular formula is C26H45N5O12. The van der Waals surface area contributed by atoms with Gasteiger partial charge < -0.3 is 57.0 Å². The second kappa shape index (κ2) is 18.8. The maximum atomic E-state index is 13.0. The highest BCUT2D eigenvalue weighted by Crippen LogP contribution is 2.14. The predicted molar refractivity (Wildman–Crippen MR) is 149 cm³/mol. The number of amides is 5. The average molecular weight is 620 g/mol. The largest absolute Gasteiger partial charge is 0.480 e. The second-order valence-electron chi connectivity index (χ2n) is 10.7. The van der Waals surface area contributed by atoms with Crippen LogP contribution in [-0.4, -0.2) is 117 Å². The number of carbonyl (C=O) groups excluding carboxylic acids is 6. The maximum absolute atomic E-state index is 13.0. The topological polar surface area (TPSA) is 284 Å². The van der Waals surface area contributed by atoms with E-state index in [2.05, 4.69) is 21.3 Å². The van der Waals surface area contributed by atoms with Gasteiger partial charge in [0.25, 0.3) is 0 Å². The van der Waals surface area contributed by atoms with Crippen LogP contribution in [0.1, 0.15) is 54.4 Å². The van der Waals surface area contributed by atoms with Crippen molar-refractivity contribution in [2.75, 3.05) is 6.61 Å². The third-order valence-electron chi connectivity index (χ3n) is 6.30. The van der Waals surface area contributed by atoms with Crippen LogP contribution in [0.5, 0.6) is 0 Å². The molecule has 246 valence electrons. The van der Waals surface area contributed by atoms with Gasteiger partial charge in [-0.1, -0.05) is 27.7 Å². The SMILES string of the molecule is CC(C)C(=O)N[C@@H](C=O)[C@@H](OC(C)C(=O)NC(C(=O)NC(CCC(=O)NC(C)C(=O)O)C(N)=O)C(C)C)[C@H](O)[C@H](O)CO. The van der Waals surface area contributed by atoms with Crippen molar-refractivity contribution in [3.05, 3.63) is 0 Å². The molecule has 0 rings (SSSR count). The Bertz CT molecular complexity index is 992. The van der Waals surface area contributed by atoms with Crippen LogP contribution in [0, 0.1) is 11.8 Å². The zero-order valence-corrected chi connectivity index (χ0v) is 25.1. The highest BCUT2D eigenvalue weighted by atomic mass is 16.5. The number of hydrogen-bond donors (Lipinski definition) is 9. The number of aliphatic hydroxyl groups excluding tert-OH is 3. The Kier molecular flexibility index (Phi) is 17.2. The van der Waals surface area contributed by atoms with E-state index in [4.69, 9.17) is 15.6 Å². The summed E-state index contributed by atoms with van der Waals surface area (Å²) in [6, 6.07) is -5.32. The molecular weight excluding hydrogens is 574 g/mol. The number of rotatable bonds is 20. The van der Waals surface area contributed by atoms with Crippen molar-refractivity contribution in [2.24, 2.45) is 17.6 Å². The molecule has 4 unspecified atom stereocenters. The molecule has 0 aromatic heterocycles. The zero-order valence-electron chi connectivity index (χ0n) is 25.1. The molecule has 10 N–H and O–H groups in total. The molecule has 0 heterocycles. The van der Waals surface area contributed by atoms with E-state index >= 15 is 0 Å². The first kappa shape index (κ1) is 39.3. The summed E-state index contributed by atoms with van der Waals surface area (Å²) in [5, 5.41) is 47.9. The van der Waals surface area contributed by atoms with Gasteiger partial charge in [0.15, 0.2) is 0 Å². The Morgan fingerprint density at radius 2 is 1.44 bits per heavy atom. The van der Waals surface area contributed by atoms with Crippen LogP contribution in [0.4, 0.5) is 0 Å². The number of carboxylic acids is 1. The standard InChI is InChI=1S/C26H45N5O12/c1-11(2)19(25(40)29-15(22(27)37)7-8-18(35)28-13(5)26(41)42)31-24(39)14(6)43-21(20(36)17(34)10-33)16(9-32)30-23(38)12(3)4/h9,11-17,19-21,33-34,36H,7-8,10H2,1-6H3,(H2,27,37)(H,28,35)(H,29,40)(H,30,38)(H,31,39)(H,41,42)/t13?,14?,15?,16-,17+,19?,20+,21+/m0/s1. The Labute approximate surface area is 249 Å². The van der Waals surface area contributed by atoms with Crippen molar-refractivity contribution in [1.82, 2.24) is 21.3 Å². The minimum absolute atomic E-state index is 0.236. The van der Waals surface area contributed by atoms with Gasteiger partial charge in [-0.2, -0.15) is 0 Å². The fourth-order valence-electron chi connectivity index (χ4n) is 3.53. The molecule has 0 spiro atoms. The summed E-state index contributed by atoms with van der Waals surface area (Å²) < 4.78 is 5.55. The van der Waals surface area contributed by atoms with Gasteiger partial charge in [0, 0.05) is 12.3 Å². The van der Waals surface area contributed by atoms with Gasteiger partial charge in [0.05, 0.1) is 6.61 Å². The Balaban J connectivity index is 5.67. The number of primary amides is 1. The lowest BCUT2D eigenvalue weighted by Crippen LogP contribution is -2.59. The van der Waals surface area contributed by atoms with Crippen LogP contribution in [0.2, 0.25) is 0 Å². The van der Waals surface area contributed by atoms with E-state index in [1.54, 1.807) is 13.8 Å². The van der Waals surface area contributed by atoms with Gasteiger partial charge in [0.2, 0.25) is 29.5 Å². The molecule has 43 heavy (non-hydrogen) atoms. The third-order valence-corrected chi connectivity index (χ3v) is 6.30. The van der Waals surface area contributed by atoms with E-state index in [9.17, 15) is 48.9 Å². The number of aldehydes is 1. The van der Waals surface area contributed by atoms with Gasteiger partial charge in [-0.15, -0.1) is 0 Å². The monoisotopic (exact) mass is 619 g/mol. The summed E-state index contributed by atoms with van der Waals surface area (Å²) in [6.45, 7) is 7.75. The summed E-state index contributed by atoms with van der Waals surface area (Å²) in [7, 11) is 0. The van der Waals surface area contributed by atoms with E-state index in [0.717, 1.165) is 0 Å². The molecule has 0 radical (unpaired) electrons. The summed E-state index contributed by atoms with van der Waals surface area (Å²) in [5.41, 5.74) is 5.35. The minimum atomic E-state index is -1.92. The van der Waals surface area contributed by atoms with Crippen LogP contribution in [0.3, 0.4) is 0 Å². The van der Waals surface area contributed by atoms with Crippen molar-refractivity contribution in [3.8, 4) is 0 Å². The van der Waals surface area contributed by atoms with Crippen molar-refractivity contribution < 1.29 is 58.7 Å². The average Bonchev–Trinajstić information content (AvgIpc) is 2.93. The van der Waals surface area contributed by atoms with Gasteiger partial charge >= 0.3 is 5.97 Å². The molecule has 0 saturated heterocycles. The number of nitrogens with one attached hydrogen (secondary N) is 4. The molecule has 0 aliphatic rings. The molecule has 0 aromatic carbocycles. The fraction of sp³-hybridized carbons (Fsp3) is 0.731. The summed E-state index contributed by atoms with van der Waals surface area (Å²) in [5.74, 6) is -6.44. The number of aliphatic carboxylic acids is 1. The molecule has 0 bridgehead atoms. The number of ether oxygens (including phenoxy) is 1. The lowest BCUT2D eigenvalue weighted by Gasteiger charge is -2.33.